The zero-order valence-corrected chi connectivity index (χ0v) is 33.6. The SMILES string of the molecule is [C-]#[N+]C(C#N)c1c2c(c(CC=C(C)C)c3c1C1=C4C(C5CC6C(C)(C)OC(C/C=C(/C)C(=O)OC)(C5=O)C46O3)n3ccnc3N1)OC(C)(CCC=C(C)C)C=C2. The van der Waals surface area contributed by atoms with Gasteiger partial charge in [0.1, 0.15) is 17.1 Å². The smallest absolute Gasteiger partial charge is 0.333 e. The molecule has 56 heavy (non-hydrogen) atoms. The molecule has 7 unspecified atom stereocenters. The summed E-state index contributed by atoms with van der Waals surface area (Å²) in [7, 11) is 1.34. The largest absolute Gasteiger partial charge is 0.482 e. The minimum atomic E-state index is -1.52. The van der Waals surface area contributed by atoms with Crippen molar-refractivity contribution in [2.24, 2.45) is 11.8 Å². The third-order valence-electron chi connectivity index (χ3n) is 12.8. The standard InChI is InChI=1S/C45H49N5O6/c1-24(2)12-11-17-43(8)18-16-27-32(30(23-46)47-9)33-35-34-36(50-21-20-48-41(50)49-35)29-22-31-42(6,7)56-44(39(29)51,19-15-26(5)40(52)53-10)45(31,34)55-38(33)28(37(27)54-43)14-13-25(3)4/h12-13,15-16,18,20-21,29-31,36H,11,14,17,19,22H2,1-8,10H3,(H,48,49)/b26-15-. The van der Waals surface area contributed by atoms with E-state index in [1.807, 2.05) is 50.6 Å². The number of benzene rings is 1. The maximum Gasteiger partial charge on any atom is 0.333 e. The van der Waals surface area contributed by atoms with Crippen LogP contribution in [0.2, 0.25) is 0 Å². The summed E-state index contributed by atoms with van der Waals surface area (Å²) in [6.45, 7) is 24.3. The van der Waals surface area contributed by atoms with Gasteiger partial charge >= 0.3 is 12.0 Å². The van der Waals surface area contributed by atoms with Crippen molar-refractivity contribution in [2.45, 2.75) is 122 Å². The molecule has 3 aliphatic carbocycles. The Morgan fingerprint density at radius 1 is 1.16 bits per heavy atom. The van der Waals surface area contributed by atoms with Crippen LogP contribution in [-0.4, -0.2) is 50.8 Å². The van der Waals surface area contributed by atoms with Gasteiger partial charge in [-0.25, -0.2) is 16.4 Å². The molecule has 5 heterocycles. The van der Waals surface area contributed by atoms with E-state index >= 15 is 4.79 Å². The lowest BCUT2D eigenvalue weighted by Crippen LogP contribution is -2.75. The molecular formula is C45H49N5O6. The predicted molar refractivity (Wildman–Crippen MR) is 211 cm³/mol. The van der Waals surface area contributed by atoms with Gasteiger partial charge in [-0.3, -0.25) is 9.64 Å². The number of aromatic nitrogens is 2. The molecule has 7 aliphatic rings. The van der Waals surface area contributed by atoms with Gasteiger partial charge in [-0.15, -0.1) is 0 Å². The van der Waals surface area contributed by atoms with Gasteiger partial charge in [0.05, 0.1) is 35.6 Å². The monoisotopic (exact) mass is 755 g/mol. The summed E-state index contributed by atoms with van der Waals surface area (Å²) >= 11 is 0. The number of carbonyl (C=O) groups is 2. The van der Waals surface area contributed by atoms with E-state index in [2.05, 4.69) is 49.2 Å². The molecule has 9 rings (SSSR count). The molecule has 1 aromatic heterocycles. The second kappa shape index (κ2) is 12.8. The number of nitrogens with zero attached hydrogens (tertiary/aromatic N) is 4. The summed E-state index contributed by atoms with van der Waals surface area (Å²) in [5.74, 6) is 0.229. The van der Waals surface area contributed by atoms with Crippen LogP contribution >= 0.6 is 0 Å². The Bertz CT molecular complexity index is 2320. The minimum Gasteiger partial charge on any atom is -0.482 e. The number of ether oxygens (including phenoxy) is 4. The number of hydrogen-bond acceptors (Lipinski definition) is 9. The number of anilines is 1. The lowest BCUT2D eigenvalue weighted by atomic mass is 9.47. The molecule has 11 nitrogen and oxygen atoms in total. The molecule has 1 saturated heterocycles. The number of ketones is 1. The van der Waals surface area contributed by atoms with Crippen molar-refractivity contribution in [3.63, 3.8) is 0 Å². The third kappa shape index (κ3) is 5.06. The minimum absolute atomic E-state index is 0.0739. The van der Waals surface area contributed by atoms with Crippen LogP contribution < -0.4 is 14.8 Å². The zero-order chi connectivity index (χ0) is 40.1. The van der Waals surface area contributed by atoms with Gasteiger partial charge in [0, 0.05) is 52.9 Å². The molecule has 1 spiro atoms. The Kier molecular flexibility index (Phi) is 8.59. The number of methoxy groups -OCH3 is 1. The first-order valence-corrected chi connectivity index (χ1v) is 19.4. The van der Waals surface area contributed by atoms with E-state index < -0.39 is 46.4 Å². The number of fused-ring (bicyclic) bond motifs is 4. The molecular weight excluding hydrogens is 707 g/mol. The lowest BCUT2D eigenvalue weighted by molar-refractivity contribution is -0.181. The van der Waals surface area contributed by atoms with Crippen molar-refractivity contribution in [1.82, 2.24) is 9.55 Å². The molecule has 4 fully saturated rings. The van der Waals surface area contributed by atoms with Gasteiger partial charge in [-0.1, -0.05) is 35.5 Å². The van der Waals surface area contributed by atoms with E-state index in [1.165, 1.54) is 12.7 Å². The van der Waals surface area contributed by atoms with Crippen LogP contribution in [0, 0.1) is 29.7 Å². The van der Waals surface area contributed by atoms with E-state index in [9.17, 15) is 10.1 Å². The first-order valence-electron chi connectivity index (χ1n) is 19.4. The number of carbonyl (C=O) groups excluding carboxylic acids is 2. The number of imidazole rings is 1. The molecule has 290 valence electrons. The van der Waals surface area contributed by atoms with Gasteiger partial charge in [0.25, 0.3) is 0 Å². The Labute approximate surface area is 328 Å². The number of nitrogens with one attached hydrogen (secondary N) is 1. The molecule has 11 heteroatoms. The highest BCUT2D eigenvalue weighted by atomic mass is 16.6. The van der Waals surface area contributed by atoms with Crippen molar-refractivity contribution in [3.05, 3.63) is 92.7 Å². The number of allylic oxidation sites excluding steroid dienone is 4. The molecule has 4 bridgehead atoms. The predicted octanol–water partition coefficient (Wildman–Crippen LogP) is 8.57. The fraction of sp³-hybridized carbons (Fsp3) is 0.489. The Balaban J connectivity index is 1.48. The highest BCUT2D eigenvalue weighted by Gasteiger charge is 2.84. The molecule has 2 aromatic rings. The quantitative estimate of drug-likeness (QED) is 0.116. The highest BCUT2D eigenvalue weighted by Crippen LogP contribution is 2.74. The normalized spacial score (nSPS) is 29.9. The molecule has 0 amide bonds. The Morgan fingerprint density at radius 2 is 1.91 bits per heavy atom. The summed E-state index contributed by atoms with van der Waals surface area (Å²) in [4.78, 5) is 36.7. The van der Waals surface area contributed by atoms with E-state index in [-0.39, 0.29) is 18.1 Å². The average Bonchev–Trinajstić information content (AvgIpc) is 3.68. The lowest BCUT2D eigenvalue weighted by Gasteiger charge is -2.62. The van der Waals surface area contributed by atoms with E-state index in [1.54, 1.807) is 19.2 Å². The van der Waals surface area contributed by atoms with Crippen LogP contribution in [0.15, 0.2) is 59.0 Å². The number of Topliss-reactive ketones (excluding diaryl/α,β-unsaturated/α-hetero) is 1. The van der Waals surface area contributed by atoms with Gasteiger partial charge in [-0.05, 0) is 87.1 Å². The van der Waals surface area contributed by atoms with Crippen molar-refractivity contribution in [1.29, 1.82) is 5.26 Å². The number of esters is 1. The molecule has 1 N–H and O–H groups in total. The van der Waals surface area contributed by atoms with E-state index in [0.29, 0.717) is 64.7 Å². The average molecular weight is 756 g/mol. The van der Waals surface area contributed by atoms with Crippen LogP contribution in [0.4, 0.5) is 5.95 Å². The molecule has 7 atom stereocenters. The summed E-state index contributed by atoms with van der Waals surface area (Å²) in [5, 5.41) is 14.3. The maximum atomic E-state index is 15.4. The second-order valence-electron chi connectivity index (χ2n) is 17.3. The Morgan fingerprint density at radius 3 is 2.59 bits per heavy atom. The van der Waals surface area contributed by atoms with Gasteiger partial charge in [0.2, 0.25) is 5.95 Å². The first kappa shape index (κ1) is 37.5. The van der Waals surface area contributed by atoms with Gasteiger partial charge in [-0.2, -0.15) is 5.26 Å². The molecule has 4 aliphatic heterocycles. The van der Waals surface area contributed by atoms with Crippen molar-refractivity contribution < 1.29 is 28.5 Å². The molecule has 0 radical (unpaired) electrons. The van der Waals surface area contributed by atoms with Gasteiger partial charge in [0.15, 0.2) is 23.1 Å². The zero-order valence-electron chi connectivity index (χ0n) is 33.6. The van der Waals surface area contributed by atoms with Crippen LogP contribution in [0.25, 0.3) is 16.6 Å². The number of nitriles is 1. The summed E-state index contributed by atoms with van der Waals surface area (Å²) < 4.78 is 29.1. The van der Waals surface area contributed by atoms with Crippen LogP contribution in [-0.2, 0) is 25.5 Å². The van der Waals surface area contributed by atoms with E-state index in [4.69, 9.17) is 30.5 Å². The van der Waals surface area contributed by atoms with Gasteiger partial charge < -0.3 is 28.8 Å². The van der Waals surface area contributed by atoms with E-state index in [0.717, 1.165) is 23.1 Å². The van der Waals surface area contributed by atoms with Crippen molar-refractivity contribution in [2.75, 3.05) is 12.4 Å². The summed E-state index contributed by atoms with van der Waals surface area (Å²) in [6.07, 6.45) is 16.2. The van der Waals surface area contributed by atoms with Crippen molar-refractivity contribution in [3.8, 4) is 17.6 Å². The van der Waals surface area contributed by atoms with Crippen LogP contribution in [0.5, 0.6) is 11.5 Å². The molecule has 3 saturated carbocycles. The third-order valence-corrected chi connectivity index (χ3v) is 12.8. The summed E-state index contributed by atoms with van der Waals surface area (Å²) in [6, 6.07) is 0.629. The number of hydrogen-bond donors (Lipinski definition) is 1. The van der Waals surface area contributed by atoms with Crippen LogP contribution in [0.1, 0.15) is 115 Å². The molecule has 1 aromatic carbocycles. The number of rotatable bonds is 9. The fourth-order valence-corrected chi connectivity index (χ4v) is 10.4. The maximum absolute atomic E-state index is 15.4. The highest BCUT2D eigenvalue weighted by molar-refractivity contribution is 6.02. The Hall–Kier alpha value is -5.39. The topological polar surface area (TPSA) is 129 Å². The van der Waals surface area contributed by atoms with Crippen molar-refractivity contribution >= 4 is 29.5 Å². The summed E-state index contributed by atoms with van der Waals surface area (Å²) in [5.41, 5.74) is 2.36. The van der Waals surface area contributed by atoms with Crippen LogP contribution in [0.3, 0.4) is 0 Å². The first-order chi connectivity index (χ1) is 26.6. The fourth-order valence-electron chi connectivity index (χ4n) is 10.4. The second-order valence-corrected chi connectivity index (χ2v) is 17.3.